The van der Waals surface area contributed by atoms with Gasteiger partial charge in [-0.25, -0.2) is 18.2 Å². The standard InChI is InChI=1S/C15H12F3N3O/c16-7-3-10(17)14(11(18)4-7)9-5-12(15(19)22)21-13-6-20-2-1-8(9)13/h3-5,20H,1-2,6H2,(H2,19,22). The highest BCUT2D eigenvalue weighted by molar-refractivity contribution is 5.92. The summed E-state index contributed by atoms with van der Waals surface area (Å²) in [5, 5.41) is 3.06. The Kier molecular flexibility index (Phi) is 3.58. The fourth-order valence-corrected chi connectivity index (χ4v) is 2.62. The Morgan fingerprint density at radius 1 is 1.18 bits per heavy atom. The third-order valence-corrected chi connectivity index (χ3v) is 3.58. The van der Waals surface area contributed by atoms with Crippen LogP contribution in [0.1, 0.15) is 21.7 Å². The van der Waals surface area contributed by atoms with Crippen LogP contribution >= 0.6 is 0 Å². The van der Waals surface area contributed by atoms with E-state index in [-0.39, 0.29) is 16.8 Å². The maximum Gasteiger partial charge on any atom is 0.267 e. The van der Waals surface area contributed by atoms with E-state index in [1.54, 1.807) is 0 Å². The summed E-state index contributed by atoms with van der Waals surface area (Å²) >= 11 is 0. The summed E-state index contributed by atoms with van der Waals surface area (Å²) in [4.78, 5) is 15.5. The second-order valence-corrected chi connectivity index (χ2v) is 5.02. The first-order valence-electron chi connectivity index (χ1n) is 6.65. The van der Waals surface area contributed by atoms with E-state index >= 15 is 0 Å². The fourth-order valence-electron chi connectivity index (χ4n) is 2.62. The molecule has 0 fully saturated rings. The van der Waals surface area contributed by atoms with Gasteiger partial charge in [0.2, 0.25) is 0 Å². The van der Waals surface area contributed by atoms with Crippen molar-refractivity contribution < 1.29 is 18.0 Å². The van der Waals surface area contributed by atoms with Crippen molar-refractivity contribution in [3.63, 3.8) is 0 Å². The number of primary amides is 1. The molecular weight excluding hydrogens is 295 g/mol. The van der Waals surface area contributed by atoms with Gasteiger partial charge in [-0.05, 0) is 30.2 Å². The summed E-state index contributed by atoms with van der Waals surface area (Å²) in [7, 11) is 0. The van der Waals surface area contributed by atoms with Crippen molar-refractivity contribution in [3.05, 3.63) is 52.6 Å². The Bertz CT molecular complexity index is 754. The van der Waals surface area contributed by atoms with Crippen molar-refractivity contribution in [1.82, 2.24) is 10.3 Å². The number of hydrogen-bond acceptors (Lipinski definition) is 3. The number of hydrogen-bond donors (Lipinski definition) is 2. The zero-order chi connectivity index (χ0) is 15.9. The molecule has 0 spiro atoms. The summed E-state index contributed by atoms with van der Waals surface area (Å²) in [6, 6.07) is 2.47. The molecule has 0 atom stereocenters. The van der Waals surface area contributed by atoms with E-state index in [1.165, 1.54) is 6.07 Å². The molecule has 1 aliphatic heterocycles. The highest BCUT2D eigenvalue weighted by atomic mass is 19.1. The number of fused-ring (bicyclic) bond motifs is 1. The lowest BCUT2D eigenvalue weighted by Gasteiger charge is -2.21. The quantitative estimate of drug-likeness (QED) is 0.890. The molecule has 0 radical (unpaired) electrons. The van der Waals surface area contributed by atoms with Crippen LogP contribution in [0, 0.1) is 17.5 Å². The molecule has 0 saturated carbocycles. The number of nitrogens with zero attached hydrogens (tertiary/aromatic N) is 1. The number of rotatable bonds is 2. The molecule has 0 unspecified atom stereocenters. The van der Waals surface area contributed by atoms with Crippen LogP contribution in [0.5, 0.6) is 0 Å². The second-order valence-electron chi connectivity index (χ2n) is 5.02. The third kappa shape index (κ3) is 2.43. The molecule has 7 heteroatoms. The number of carbonyl (C=O) groups is 1. The Labute approximate surface area is 124 Å². The Balaban J connectivity index is 2.30. The number of halogens is 3. The summed E-state index contributed by atoms with van der Waals surface area (Å²) in [5.41, 5.74) is 6.11. The van der Waals surface area contributed by atoms with Gasteiger partial charge < -0.3 is 11.1 Å². The first kappa shape index (κ1) is 14.5. The van der Waals surface area contributed by atoms with Crippen LogP contribution in [0.25, 0.3) is 11.1 Å². The predicted molar refractivity (Wildman–Crippen MR) is 73.5 cm³/mol. The number of nitrogens with two attached hydrogens (primary N) is 1. The van der Waals surface area contributed by atoms with Crippen molar-refractivity contribution in [2.24, 2.45) is 5.73 Å². The van der Waals surface area contributed by atoms with Gasteiger partial charge in [0.1, 0.15) is 23.1 Å². The maximum atomic E-state index is 14.1. The Morgan fingerprint density at radius 2 is 1.86 bits per heavy atom. The molecule has 0 bridgehead atoms. The average Bonchev–Trinajstić information content (AvgIpc) is 2.45. The monoisotopic (exact) mass is 307 g/mol. The lowest BCUT2D eigenvalue weighted by Crippen LogP contribution is -2.27. The SMILES string of the molecule is NC(=O)c1cc(-c2c(F)cc(F)cc2F)c2c(n1)CNCC2. The fraction of sp³-hybridized carbons (Fsp3) is 0.200. The van der Waals surface area contributed by atoms with Gasteiger partial charge in [-0.1, -0.05) is 0 Å². The maximum absolute atomic E-state index is 14.1. The molecule has 1 aromatic carbocycles. The van der Waals surface area contributed by atoms with E-state index in [9.17, 15) is 18.0 Å². The highest BCUT2D eigenvalue weighted by Crippen LogP contribution is 2.33. The minimum absolute atomic E-state index is 0.0828. The van der Waals surface area contributed by atoms with Crippen LogP contribution in [-0.4, -0.2) is 17.4 Å². The summed E-state index contributed by atoms with van der Waals surface area (Å²) < 4.78 is 41.2. The smallest absolute Gasteiger partial charge is 0.267 e. The first-order valence-corrected chi connectivity index (χ1v) is 6.65. The van der Waals surface area contributed by atoms with Crippen molar-refractivity contribution >= 4 is 5.91 Å². The van der Waals surface area contributed by atoms with E-state index in [0.29, 0.717) is 42.9 Å². The van der Waals surface area contributed by atoms with Gasteiger partial charge >= 0.3 is 0 Å². The summed E-state index contributed by atoms with van der Waals surface area (Å²) in [5.74, 6) is -3.85. The third-order valence-electron chi connectivity index (χ3n) is 3.58. The van der Waals surface area contributed by atoms with Gasteiger partial charge in [-0.15, -0.1) is 0 Å². The van der Waals surface area contributed by atoms with Crippen molar-refractivity contribution in [1.29, 1.82) is 0 Å². The van der Waals surface area contributed by atoms with Crippen molar-refractivity contribution in [3.8, 4) is 11.1 Å². The lowest BCUT2D eigenvalue weighted by molar-refractivity contribution is 0.0995. The van der Waals surface area contributed by atoms with Crippen LogP contribution < -0.4 is 11.1 Å². The minimum atomic E-state index is -1.03. The molecule has 3 N–H and O–H groups in total. The average molecular weight is 307 g/mol. The van der Waals surface area contributed by atoms with E-state index in [1.807, 2.05) is 0 Å². The van der Waals surface area contributed by atoms with Crippen LogP contribution in [-0.2, 0) is 13.0 Å². The largest absolute Gasteiger partial charge is 0.364 e. The second kappa shape index (κ2) is 5.42. The molecular formula is C15H12F3N3O. The zero-order valence-electron chi connectivity index (χ0n) is 11.4. The minimum Gasteiger partial charge on any atom is -0.364 e. The number of nitrogens with one attached hydrogen (secondary N) is 1. The van der Waals surface area contributed by atoms with Crippen molar-refractivity contribution in [2.45, 2.75) is 13.0 Å². The highest BCUT2D eigenvalue weighted by Gasteiger charge is 2.23. The molecule has 114 valence electrons. The molecule has 1 aromatic heterocycles. The van der Waals surface area contributed by atoms with Gasteiger partial charge in [-0.2, -0.15) is 0 Å². The summed E-state index contributed by atoms with van der Waals surface area (Å²) in [6.07, 6.45) is 0.493. The Morgan fingerprint density at radius 3 is 2.50 bits per heavy atom. The van der Waals surface area contributed by atoms with Gasteiger partial charge in [0.05, 0.1) is 11.3 Å². The van der Waals surface area contributed by atoms with Crippen LogP contribution in [0.3, 0.4) is 0 Å². The molecule has 4 nitrogen and oxygen atoms in total. The normalized spacial score (nSPS) is 13.8. The molecule has 22 heavy (non-hydrogen) atoms. The topological polar surface area (TPSA) is 68.0 Å². The van der Waals surface area contributed by atoms with E-state index in [2.05, 4.69) is 10.3 Å². The van der Waals surface area contributed by atoms with Crippen molar-refractivity contribution in [2.75, 3.05) is 6.54 Å². The van der Waals surface area contributed by atoms with E-state index < -0.39 is 23.4 Å². The van der Waals surface area contributed by atoms with Crippen LogP contribution in [0.15, 0.2) is 18.2 Å². The number of pyridine rings is 1. The number of amides is 1. The zero-order valence-corrected chi connectivity index (χ0v) is 11.4. The molecule has 0 saturated heterocycles. The molecule has 2 aromatic rings. The molecule has 2 heterocycles. The number of carbonyl (C=O) groups excluding carboxylic acids is 1. The Hall–Kier alpha value is -2.41. The van der Waals surface area contributed by atoms with E-state index in [0.717, 1.165) is 0 Å². The van der Waals surface area contributed by atoms with Crippen LogP contribution in [0.4, 0.5) is 13.2 Å². The predicted octanol–water partition coefficient (Wildman–Crippen LogP) is 1.91. The van der Waals surface area contributed by atoms with Gasteiger partial charge in [0.25, 0.3) is 5.91 Å². The lowest BCUT2D eigenvalue weighted by atomic mass is 9.93. The van der Waals surface area contributed by atoms with Gasteiger partial charge in [0, 0.05) is 18.7 Å². The number of benzene rings is 1. The molecule has 1 aliphatic rings. The summed E-state index contributed by atoms with van der Waals surface area (Å²) in [6.45, 7) is 0.982. The van der Waals surface area contributed by atoms with Gasteiger partial charge in [-0.3, -0.25) is 4.79 Å². The molecule has 3 rings (SSSR count). The van der Waals surface area contributed by atoms with E-state index in [4.69, 9.17) is 5.73 Å². The van der Waals surface area contributed by atoms with Crippen LogP contribution in [0.2, 0.25) is 0 Å². The molecule has 0 aliphatic carbocycles. The first-order chi connectivity index (χ1) is 10.5. The van der Waals surface area contributed by atoms with Gasteiger partial charge in [0.15, 0.2) is 0 Å². The molecule has 1 amide bonds. The number of aromatic nitrogens is 1.